The molecule has 1 aliphatic rings. The first-order valence-corrected chi connectivity index (χ1v) is 13.5. The van der Waals surface area contributed by atoms with Crippen molar-refractivity contribution >= 4 is 40.1 Å². The molecule has 0 aromatic heterocycles. The molecule has 0 fully saturated rings. The Morgan fingerprint density at radius 1 is 1.02 bits per heavy atom. The van der Waals surface area contributed by atoms with Gasteiger partial charge in [0, 0.05) is 47.2 Å². The maximum absolute atomic E-state index is 15.3. The fourth-order valence-electron chi connectivity index (χ4n) is 4.27. The summed E-state index contributed by atoms with van der Waals surface area (Å²) in [6, 6.07) is 0.776. The molecule has 0 bridgehead atoms. The lowest BCUT2D eigenvalue weighted by Crippen LogP contribution is -2.54. The van der Waals surface area contributed by atoms with Gasteiger partial charge in [0.1, 0.15) is 5.82 Å². The molecule has 2 amide bonds. The standard InChI is InChI=1S/C25H30ClF7N2O4S/c1-6-12-15(21(37)35(7-2)8-3)18(40-19(12)20(36)34-11-22(4,5)38)13-9-10-14(17(27)16(13)26)23(39,24(28,29)30)25(31,32)33/h9-10,12,19,38-39H,6-8,11H2,1-5H3,(H,34,36)/t12-,19?/m1/s1. The first kappa shape index (κ1) is 34.2. The minimum absolute atomic E-state index is 0.00411. The number of carbonyl (C=O) groups is 2. The van der Waals surface area contributed by atoms with Crippen molar-refractivity contribution in [2.45, 2.75) is 69.8 Å². The van der Waals surface area contributed by atoms with Crippen LogP contribution in [-0.4, -0.2) is 69.8 Å². The number of thioether (sulfide) groups is 1. The van der Waals surface area contributed by atoms with E-state index in [4.69, 9.17) is 11.6 Å². The topological polar surface area (TPSA) is 89.9 Å². The van der Waals surface area contributed by atoms with Crippen LogP contribution in [0.15, 0.2) is 17.7 Å². The Hall–Kier alpha value is -2.03. The molecule has 0 spiro atoms. The molecule has 1 aromatic rings. The van der Waals surface area contributed by atoms with Gasteiger partial charge >= 0.3 is 12.4 Å². The fraction of sp³-hybridized carbons (Fsp3) is 0.600. The molecule has 1 aliphatic heterocycles. The van der Waals surface area contributed by atoms with E-state index in [1.54, 1.807) is 20.8 Å². The van der Waals surface area contributed by atoms with E-state index >= 15 is 4.39 Å². The third-order valence-corrected chi connectivity index (χ3v) is 8.28. The van der Waals surface area contributed by atoms with Crippen molar-refractivity contribution < 1.29 is 50.5 Å². The van der Waals surface area contributed by atoms with Crippen LogP contribution in [0.3, 0.4) is 0 Å². The van der Waals surface area contributed by atoms with Gasteiger partial charge in [0.2, 0.25) is 5.91 Å². The van der Waals surface area contributed by atoms with Crippen molar-refractivity contribution in [2.24, 2.45) is 5.92 Å². The number of hydrogen-bond donors (Lipinski definition) is 3. The number of benzene rings is 1. The van der Waals surface area contributed by atoms with Gasteiger partial charge in [0.05, 0.1) is 15.9 Å². The summed E-state index contributed by atoms with van der Waals surface area (Å²) in [6.07, 6.45) is -12.5. The van der Waals surface area contributed by atoms with Gasteiger partial charge in [-0.25, -0.2) is 4.39 Å². The highest BCUT2D eigenvalue weighted by Gasteiger charge is 2.72. The summed E-state index contributed by atoms with van der Waals surface area (Å²) in [7, 11) is 0. The van der Waals surface area contributed by atoms with Crippen molar-refractivity contribution in [2.75, 3.05) is 19.6 Å². The molecule has 2 rings (SSSR count). The molecule has 1 aromatic carbocycles. The van der Waals surface area contributed by atoms with E-state index in [1.807, 2.05) is 0 Å². The second-order valence-electron chi connectivity index (χ2n) is 9.80. The second kappa shape index (κ2) is 12.1. The quantitative estimate of drug-likeness (QED) is 0.321. The van der Waals surface area contributed by atoms with Crippen LogP contribution >= 0.6 is 23.4 Å². The normalized spacial score (nSPS) is 18.8. The molecule has 6 nitrogen and oxygen atoms in total. The highest BCUT2D eigenvalue weighted by Crippen LogP contribution is 2.54. The van der Waals surface area contributed by atoms with Crippen molar-refractivity contribution in [1.29, 1.82) is 0 Å². The molecular formula is C25H30ClF7N2O4S. The van der Waals surface area contributed by atoms with Gasteiger partial charge in [-0.05, 0) is 34.1 Å². The number of carbonyl (C=O) groups excluding carboxylic acids is 2. The maximum atomic E-state index is 15.3. The number of hydrogen-bond acceptors (Lipinski definition) is 5. The first-order valence-electron chi connectivity index (χ1n) is 12.2. The van der Waals surface area contributed by atoms with Crippen molar-refractivity contribution in [3.8, 4) is 0 Å². The minimum Gasteiger partial charge on any atom is -0.389 e. The van der Waals surface area contributed by atoms with Gasteiger partial charge in [0.15, 0.2) is 0 Å². The molecular weight excluding hydrogens is 593 g/mol. The predicted molar refractivity (Wildman–Crippen MR) is 137 cm³/mol. The minimum atomic E-state index is -6.35. The van der Waals surface area contributed by atoms with Gasteiger partial charge < -0.3 is 20.4 Å². The number of nitrogens with zero attached hydrogens (tertiary/aromatic N) is 1. The summed E-state index contributed by atoms with van der Waals surface area (Å²) in [5.41, 5.74) is -9.42. The Morgan fingerprint density at radius 2 is 1.55 bits per heavy atom. The van der Waals surface area contributed by atoms with Crippen LogP contribution in [0, 0.1) is 11.7 Å². The van der Waals surface area contributed by atoms with Crippen molar-refractivity contribution in [3.63, 3.8) is 0 Å². The van der Waals surface area contributed by atoms with E-state index in [-0.39, 0.29) is 42.6 Å². The van der Waals surface area contributed by atoms with Crippen molar-refractivity contribution in [3.05, 3.63) is 39.7 Å². The van der Waals surface area contributed by atoms with E-state index in [0.29, 0.717) is 6.07 Å². The van der Waals surface area contributed by atoms with Crippen LogP contribution in [0.1, 0.15) is 52.2 Å². The molecule has 3 N–H and O–H groups in total. The third kappa shape index (κ3) is 6.39. The van der Waals surface area contributed by atoms with E-state index in [2.05, 4.69) is 5.32 Å². The average molecular weight is 623 g/mol. The second-order valence-corrected chi connectivity index (χ2v) is 11.3. The monoisotopic (exact) mass is 622 g/mol. The summed E-state index contributed by atoms with van der Waals surface area (Å²) >= 11 is 6.77. The molecule has 1 heterocycles. The Balaban J connectivity index is 2.78. The van der Waals surface area contributed by atoms with Gasteiger partial charge in [0.25, 0.3) is 11.5 Å². The van der Waals surface area contributed by atoms with E-state index in [9.17, 15) is 46.1 Å². The van der Waals surface area contributed by atoms with Crippen LogP contribution in [0.2, 0.25) is 5.02 Å². The predicted octanol–water partition coefficient (Wildman–Crippen LogP) is 5.40. The molecule has 0 saturated heterocycles. The first-order chi connectivity index (χ1) is 18.2. The molecule has 1 unspecified atom stereocenters. The lowest BCUT2D eigenvalue weighted by Gasteiger charge is -2.33. The number of alkyl halides is 6. The van der Waals surface area contributed by atoms with E-state index in [1.165, 1.54) is 18.7 Å². The molecule has 40 heavy (non-hydrogen) atoms. The van der Waals surface area contributed by atoms with Crippen molar-refractivity contribution in [1.82, 2.24) is 10.2 Å². The average Bonchev–Trinajstić information content (AvgIpc) is 3.22. The summed E-state index contributed by atoms with van der Waals surface area (Å²) in [4.78, 5) is 27.9. The van der Waals surface area contributed by atoms with Gasteiger partial charge in [-0.2, -0.15) is 26.3 Å². The Morgan fingerprint density at radius 3 is 1.98 bits per heavy atom. The Bertz CT molecular complexity index is 1150. The van der Waals surface area contributed by atoms with Crippen LogP contribution < -0.4 is 5.32 Å². The van der Waals surface area contributed by atoms with E-state index < -0.39 is 68.5 Å². The summed E-state index contributed by atoms with van der Waals surface area (Å²) in [5.74, 6) is -4.15. The Kier molecular flexibility index (Phi) is 10.3. The zero-order valence-electron chi connectivity index (χ0n) is 22.2. The summed E-state index contributed by atoms with van der Waals surface area (Å²) < 4.78 is 95.8. The van der Waals surface area contributed by atoms with Gasteiger partial charge in [-0.15, -0.1) is 11.8 Å². The van der Waals surface area contributed by atoms with Crippen LogP contribution in [0.25, 0.3) is 4.91 Å². The van der Waals surface area contributed by atoms with Crippen LogP contribution in [-0.2, 0) is 15.2 Å². The molecule has 0 saturated carbocycles. The largest absolute Gasteiger partial charge is 0.430 e. The molecule has 0 radical (unpaired) electrons. The zero-order valence-corrected chi connectivity index (χ0v) is 23.8. The highest BCUT2D eigenvalue weighted by atomic mass is 35.5. The number of rotatable bonds is 9. The summed E-state index contributed by atoms with van der Waals surface area (Å²) in [6.45, 7) is 8.20. The molecule has 15 heteroatoms. The van der Waals surface area contributed by atoms with Gasteiger partial charge in [-0.3, -0.25) is 9.59 Å². The third-order valence-electron chi connectivity index (χ3n) is 6.44. The van der Waals surface area contributed by atoms with Crippen LogP contribution in [0.4, 0.5) is 30.7 Å². The zero-order chi connectivity index (χ0) is 31.0. The fourth-order valence-corrected chi connectivity index (χ4v) is 6.18. The maximum Gasteiger partial charge on any atom is 0.430 e. The smallest absolute Gasteiger partial charge is 0.389 e. The van der Waals surface area contributed by atoms with Crippen LogP contribution in [0.5, 0.6) is 0 Å². The number of amides is 2. The molecule has 0 aliphatic carbocycles. The number of halogens is 8. The van der Waals surface area contributed by atoms with Gasteiger partial charge in [-0.1, -0.05) is 30.7 Å². The SMILES string of the molecule is CC[C@@H]1C(C(=O)N(CC)CC)=C(c2ccc(C(O)(C(F)(F)F)C(F)(F)F)c(F)c2Cl)SC1C(=O)NCC(C)(C)O. The summed E-state index contributed by atoms with van der Waals surface area (Å²) in [5, 5.41) is 20.0. The Labute approximate surface area is 235 Å². The lowest BCUT2D eigenvalue weighted by atomic mass is 9.88. The molecule has 226 valence electrons. The number of likely N-dealkylation sites (N-methyl/N-ethyl adjacent to an activating group) is 1. The number of nitrogens with one attached hydrogen (secondary N) is 1. The highest BCUT2D eigenvalue weighted by molar-refractivity contribution is 8.09. The number of aliphatic hydroxyl groups is 2. The molecule has 2 atom stereocenters. The van der Waals surface area contributed by atoms with E-state index in [0.717, 1.165) is 11.8 Å². The lowest BCUT2D eigenvalue weighted by molar-refractivity contribution is -0.377.